The first-order valence-corrected chi connectivity index (χ1v) is 11.3. The Morgan fingerprint density at radius 2 is 1.86 bits per heavy atom. The highest BCUT2D eigenvalue weighted by molar-refractivity contribution is 7.21. The zero-order valence-corrected chi connectivity index (χ0v) is 16.8. The summed E-state index contributed by atoms with van der Waals surface area (Å²) in [6.45, 7) is 2.26. The van der Waals surface area contributed by atoms with E-state index in [4.69, 9.17) is 0 Å². The van der Waals surface area contributed by atoms with Gasteiger partial charge in [0.2, 0.25) is 0 Å². The number of rotatable bonds is 3. The molecule has 5 aliphatic rings. The van der Waals surface area contributed by atoms with Crippen molar-refractivity contribution >= 4 is 27.3 Å². The van der Waals surface area contributed by atoms with E-state index in [1.54, 1.807) is 18.2 Å². The van der Waals surface area contributed by atoms with Crippen molar-refractivity contribution in [3.63, 3.8) is 0 Å². The molecule has 3 aliphatic heterocycles. The maximum Gasteiger partial charge on any atom is 0.398 e. The van der Waals surface area contributed by atoms with Crippen LogP contribution in [0.15, 0.2) is 24.3 Å². The first-order valence-electron chi connectivity index (χ1n) is 10.5. The monoisotopic (exact) mass is 420 g/mol. The summed E-state index contributed by atoms with van der Waals surface area (Å²) < 4.78 is 41.7. The fourth-order valence-corrected chi connectivity index (χ4v) is 7.09. The minimum absolute atomic E-state index is 0.126. The third kappa shape index (κ3) is 2.49. The van der Waals surface area contributed by atoms with Gasteiger partial charge in [0, 0.05) is 10.2 Å². The van der Waals surface area contributed by atoms with E-state index < -0.39 is 11.6 Å². The predicted octanol–water partition coefficient (Wildman–Crippen LogP) is 4.85. The van der Waals surface area contributed by atoms with Gasteiger partial charge in [0.15, 0.2) is 0 Å². The van der Waals surface area contributed by atoms with Gasteiger partial charge in [-0.3, -0.25) is 9.69 Å². The maximum absolute atomic E-state index is 13.7. The highest BCUT2D eigenvalue weighted by Crippen LogP contribution is 2.60. The van der Waals surface area contributed by atoms with Gasteiger partial charge in [-0.2, -0.15) is 13.2 Å². The Labute approximate surface area is 171 Å². The molecule has 29 heavy (non-hydrogen) atoms. The molecule has 1 amide bonds. The zero-order valence-electron chi connectivity index (χ0n) is 16.0. The molecule has 7 rings (SSSR count). The molecule has 154 valence electrons. The molecule has 3 saturated heterocycles. The van der Waals surface area contributed by atoms with E-state index in [0.717, 1.165) is 44.2 Å². The predicted molar refractivity (Wildman–Crippen MR) is 106 cm³/mol. The van der Waals surface area contributed by atoms with E-state index in [1.165, 1.54) is 11.3 Å². The third-order valence-electron chi connectivity index (χ3n) is 7.84. The van der Waals surface area contributed by atoms with Crippen molar-refractivity contribution in [3.05, 3.63) is 34.7 Å². The van der Waals surface area contributed by atoms with Crippen molar-refractivity contribution in [1.29, 1.82) is 0 Å². The average molecular weight is 421 g/mol. The van der Waals surface area contributed by atoms with Crippen molar-refractivity contribution in [2.45, 2.75) is 61.7 Å². The Bertz CT molecular complexity index is 997. The number of thiophene rings is 1. The first kappa shape index (κ1) is 18.2. The summed E-state index contributed by atoms with van der Waals surface area (Å²) in [4.78, 5) is 16.2. The lowest BCUT2D eigenvalue weighted by molar-refractivity contribution is -0.160. The molecular formula is C22H23F3N2OS. The van der Waals surface area contributed by atoms with Gasteiger partial charge in [-0.15, -0.1) is 11.3 Å². The third-order valence-corrected chi connectivity index (χ3v) is 9.03. The Kier molecular flexibility index (Phi) is 3.61. The molecule has 2 aliphatic carbocycles. The van der Waals surface area contributed by atoms with Crippen LogP contribution in [0.2, 0.25) is 0 Å². The van der Waals surface area contributed by atoms with Gasteiger partial charge in [0.1, 0.15) is 0 Å². The second-order valence-electron chi connectivity index (χ2n) is 9.29. The number of piperidine rings is 3. The number of amides is 1. The molecule has 3 nitrogen and oxygen atoms in total. The molecule has 7 heteroatoms. The SMILES string of the molecule is O=C(NC1C2CCN(CC2)C12CC2)c1cc2cccc(C3(C(F)(F)F)CC3)c2s1. The number of benzene rings is 1. The summed E-state index contributed by atoms with van der Waals surface area (Å²) in [6.07, 6.45) is 0.545. The quantitative estimate of drug-likeness (QED) is 0.770. The second-order valence-corrected chi connectivity index (χ2v) is 10.3. The second kappa shape index (κ2) is 5.76. The normalized spacial score (nSPS) is 31.2. The van der Waals surface area contributed by atoms with E-state index in [9.17, 15) is 18.0 Å². The molecule has 1 aromatic carbocycles. The molecule has 2 bridgehead atoms. The number of hydrogen-bond acceptors (Lipinski definition) is 3. The van der Waals surface area contributed by atoms with Crippen molar-refractivity contribution < 1.29 is 18.0 Å². The van der Waals surface area contributed by atoms with Crippen LogP contribution in [0.5, 0.6) is 0 Å². The molecule has 1 unspecified atom stereocenters. The van der Waals surface area contributed by atoms with E-state index >= 15 is 0 Å². The van der Waals surface area contributed by atoms with Crippen molar-refractivity contribution in [3.8, 4) is 0 Å². The number of carbonyl (C=O) groups is 1. The van der Waals surface area contributed by atoms with E-state index in [1.807, 2.05) is 6.07 Å². The van der Waals surface area contributed by atoms with Gasteiger partial charge >= 0.3 is 6.18 Å². The largest absolute Gasteiger partial charge is 0.398 e. The fraction of sp³-hybridized carbons (Fsp3) is 0.591. The van der Waals surface area contributed by atoms with Gasteiger partial charge in [-0.05, 0) is 74.5 Å². The minimum Gasteiger partial charge on any atom is -0.346 e. The molecular weight excluding hydrogens is 397 g/mol. The maximum atomic E-state index is 13.7. The summed E-state index contributed by atoms with van der Waals surface area (Å²) in [5.41, 5.74) is -1.24. The van der Waals surface area contributed by atoms with Crippen molar-refractivity contribution in [2.75, 3.05) is 13.1 Å². The van der Waals surface area contributed by atoms with Crippen LogP contribution in [-0.4, -0.2) is 41.7 Å². The zero-order chi connectivity index (χ0) is 20.0. The highest BCUT2D eigenvalue weighted by Gasteiger charge is 2.65. The molecule has 1 atom stereocenters. The number of hydrogen-bond donors (Lipinski definition) is 1. The molecule has 0 radical (unpaired) electrons. The van der Waals surface area contributed by atoms with Crippen LogP contribution in [0.3, 0.4) is 0 Å². The number of fused-ring (bicyclic) bond motifs is 3. The fourth-order valence-electron chi connectivity index (χ4n) is 5.92. The van der Waals surface area contributed by atoms with Crippen LogP contribution in [0, 0.1) is 5.92 Å². The van der Waals surface area contributed by atoms with Crippen LogP contribution in [-0.2, 0) is 5.41 Å². The number of halogens is 3. The van der Waals surface area contributed by atoms with Gasteiger partial charge in [-0.1, -0.05) is 18.2 Å². The summed E-state index contributed by atoms with van der Waals surface area (Å²) in [7, 11) is 0. The lowest BCUT2D eigenvalue weighted by Crippen LogP contribution is -2.65. The average Bonchev–Trinajstić information content (AvgIpc) is 3.61. The van der Waals surface area contributed by atoms with Gasteiger partial charge in [0.05, 0.1) is 16.3 Å². The van der Waals surface area contributed by atoms with Crippen LogP contribution in [0.4, 0.5) is 13.2 Å². The Hall–Kier alpha value is -1.60. The Morgan fingerprint density at radius 3 is 2.48 bits per heavy atom. The molecule has 1 aromatic heterocycles. The summed E-state index contributed by atoms with van der Waals surface area (Å²) in [5, 5.41) is 4.03. The minimum atomic E-state index is -4.25. The van der Waals surface area contributed by atoms with Crippen LogP contribution in [0.25, 0.3) is 10.1 Å². The van der Waals surface area contributed by atoms with Crippen molar-refractivity contribution in [1.82, 2.24) is 10.2 Å². The topological polar surface area (TPSA) is 32.3 Å². The van der Waals surface area contributed by atoms with Crippen LogP contribution < -0.4 is 5.32 Å². The van der Waals surface area contributed by atoms with E-state index in [0.29, 0.717) is 21.1 Å². The standard InChI is InChI=1S/C22H23F3N2OS/c23-22(24,25)20(6-7-20)15-3-1-2-14-12-16(29-17(14)15)19(28)26-18-13-4-10-27(11-5-13)21(18)8-9-21/h1-3,12-13,18H,4-11H2,(H,26,28). The van der Waals surface area contributed by atoms with Crippen LogP contribution in [0.1, 0.15) is 53.8 Å². The molecule has 5 fully saturated rings. The van der Waals surface area contributed by atoms with Crippen LogP contribution >= 0.6 is 11.3 Å². The number of carbonyl (C=O) groups excluding carboxylic acids is 1. The van der Waals surface area contributed by atoms with Crippen molar-refractivity contribution in [2.24, 2.45) is 5.92 Å². The van der Waals surface area contributed by atoms with Gasteiger partial charge in [-0.25, -0.2) is 0 Å². The lowest BCUT2D eigenvalue weighted by Gasteiger charge is -2.52. The molecule has 2 aromatic rings. The number of nitrogens with zero attached hydrogens (tertiary/aromatic N) is 1. The summed E-state index contributed by atoms with van der Waals surface area (Å²) in [5.74, 6) is 0.399. The summed E-state index contributed by atoms with van der Waals surface area (Å²) >= 11 is 1.22. The van der Waals surface area contributed by atoms with E-state index in [2.05, 4.69) is 10.2 Å². The molecule has 4 heterocycles. The van der Waals surface area contributed by atoms with Gasteiger partial charge in [0.25, 0.3) is 5.91 Å². The summed E-state index contributed by atoms with van der Waals surface area (Å²) in [6, 6.07) is 7.03. The molecule has 2 saturated carbocycles. The smallest absolute Gasteiger partial charge is 0.346 e. The number of alkyl halides is 3. The Balaban J connectivity index is 1.32. The first-order chi connectivity index (χ1) is 13.8. The number of nitrogens with one attached hydrogen (secondary N) is 1. The Morgan fingerprint density at radius 1 is 1.14 bits per heavy atom. The highest BCUT2D eigenvalue weighted by atomic mass is 32.1. The van der Waals surface area contributed by atoms with Gasteiger partial charge < -0.3 is 5.32 Å². The molecule has 1 N–H and O–H groups in total. The lowest BCUT2D eigenvalue weighted by atomic mass is 9.77. The van der Waals surface area contributed by atoms with E-state index in [-0.39, 0.29) is 30.3 Å². The molecule has 1 spiro atoms.